The molecule has 3 aliphatic heterocycles. The van der Waals surface area contributed by atoms with E-state index in [1.54, 1.807) is 17.0 Å². The van der Waals surface area contributed by atoms with E-state index >= 15 is 0 Å². The number of carbonyl (C=O) groups excluding carboxylic acids is 5. The molecule has 1 aromatic rings. The summed E-state index contributed by atoms with van der Waals surface area (Å²) < 4.78 is 0. The number of hydrogen-bond donors (Lipinski definition) is 2. The maximum Gasteiger partial charge on any atom is 0.317 e. The lowest BCUT2D eigenvalue weighted by Crippen LogP contribution is -2.54. The first-order valence-corrected chi connectivity index (χ1v) is 9.91. The number of carbonyl (C=O) groups is 5. The van der Waals surface area contributed by atoms with E-state index in [0.29, 0.717) is 18.7 Å². The highest BCUT2D eigenvalue weighted by molar-refractivity contribution is 6.24. The van der Waals surface area contributed by atoms with Crippen molar-refractivity contribution >= 4 is 29.7 Å². The first-order chi connectivity index (χ1) is 14.4. The summed E-state index contributed by atoms with van der Waals surface area (Å²) in [7, 11) is 2.00. The van der Waals surface area contributed by atoms with Crippen molar-refractivity contribution in [3.63, 3.8) is 0 Å². The number of amides is 6. The van der Waals surface area contributed by atoms with E-state index in [2.05, 4.69) is 15.5 Å². The van der Waals surface area contributed by atoms with Gasteiger partial charge in [0, 0.05) is 39.1 Å². The van der Waals surface area contributed by atoms with Crippen LogP contribution in [0, 0.1) is 0 Å². The minimum Gasteiger partial charge on any atom is -0.334 e. The molecule has 0 aromatic heterocycles. The van der Waals surface area contributed by atoms with Crippen molar-refractivity contribution < 1.29 is 24.0 Å². The summed E-state index contributed by atoms with van der Waals surface area (Å²) in [6.07, 6.45) is 0.170. The Kier molecular flexibility index (Phi) is 6.40. The van der Waals surface area contributed by atoms with Gasteiger partial charge in [-0.15, -0.1) is 0 Å². The van der Waals surface area contributed by atoms with Crippen molar-refractivity contribution in [2.45, 2.75) is 32.9 Å². The Labute approximate surface area is 180 Å². The molecule has 6 amide bonds. The van der Waals surface area contributed by atoms with Crippen molar-refractivity contribution in [2.24, 2.45) is 0 Å². The Morgan fingerprint density at radius 2 is 1.81 bits per heavy atom. The number of fused-ring (bicyclic) bond motifs is 1. The number of imide groups is 2. The molecule has 2 fully saturated rings. The number of nitrogens with one attached hydrogen (secondary N) is 2. The second-order valence-electron chi connectivity index (χ2n) is 7.74. The average Bonchev–Trinajstić information content (AvgIpc) is 2.98. The standard InChI is InChI=1S/C20H23N5O5.CH4/c1-23-7-9-24(10-8-23)20(30)21-11-12-3-2-4-13-16(12)19(29)25(18(13)28)14-5-6-15(26)22-17(14)27;/h2-4,14H,5-11H2,1H3,(H,21,30)(H,22,26,27);1H4. The molecule has 2 saturated heterocycles. The summed E-state index contributed by atoms with van der Waals surface area (Å²) in [6, 6.07) is 3.63. The second-order valence-corrected chi connectivity index (χ2v) is 7.74. The number of likely N-dealkylation sites (N-methyl/N-ethyl adjacent to an activating group) is 1. The predicted octanol–water partition coefficient (Wildman–Crippen LogP) is 0.181. The zero-order valence-corrected chi connectivity index (χ0v) is 16.6. The topological polar surface area (TPSA) is 119 Å². The van der Waals surface area contributed by atoms with Gasteiger partial charge in [0.25, 0.3) is 11.8 Å². The van der Waals surface area contributed by atoms with Gasteiger partial charge in [-0.25, -0.2) is 4.79 Å². The Bertz CT molecular complexity index is 938. The number of piperidine rings is 1. The van der Waals surface area contributed by atoms with E-state index in [9.17, 15) is 24.0 Å². The van der Waals surface area contributed by atoms with Crippen LogP contribution in [0.25, 0.3) is 0 Å². The molecule has 10 heteroatoms. The van der Waals surface area contributed by atoms with E-state index in [1.165, 1.54) is 6.07 Å². The summed E-state index contributed by atoms with van der Waals surface area (Å²) in [6.45, 7) is 2.92. The molecule has 0 spiro atoms. The fourth-order valence-electron chi connectivity index (χ4n) is 4.02. The lowest BCUT2D eigenvalue weighted by Gasteiger charge is -2.32. The highest BCUT2D eigenvalue weighted by Crippen LogP contribution is 2.29. The van der Waals surface area contributed by atoms with Crippen LogP contribution in [0.3, 0.4) is 0 Å². The highest BCUT2D eigenvalue weighted by atomic mass is 16.2. The van der Waals surface area contributed by atoms with Gasteiger partial charge in [0.15, 0.2) is 0 Å². The Balaban J connectivity index is 0.00000272. The molecule has 0 saturated carbocycles. The number of piperazine rings is 1. The van der Waals surface area contributed by atoms with Gasteiger partial charge >= 0.3 is 6.03 Å². The van der Waals surface area contributed by atoms with E-state index in [1.807, 2.05) is 7.05 Å². The molecule has 0 aliphatic carbocycles. The Morgan fingerprint density at radius 3 is 2.48 bits per heavy atom. The number of nitrogens with zero attached hydrogens (tertiary/aromatic N) is 3. The van der Waals surface area contributed by atoms with Gasteiger partial charge in [-0.1, -0.05) is 19.6 Å². The highest BCUT2D eigenvalue weighted by Gasteiger charge is 2.45. The normalized spacial score (nSPS) is 21.5. The van der Waals surface area contributed by atoms with Crippen LogP contribution in [0.1, 0.15) is 46.5 Å². The van der Waals surface area contributed by atoms with E-state index in [-0.39, 0.29) is 44.0 Å². The molecule has 31 heavy (non-hydrogen) atoms. The molecule has 0 bridgehead atoms. The first kappa shape index (κ1) is 22.4. The summed E-state index contributed by atoms with van der Waals surface area (Å²) in [5.74, 6) is -2.20. The lowest BCUT2D eigenvalue weighted by molar-refractivity contribution is -0.136. The van der Waals surface area contributed by atoms with Gasteiger partial charge in [0.2, 0.25) is 11.8 Å². The van der Waals surface area contributed by atoms with E-state index in [4.69, 9.17) is 0 Å². The minimum atomic E-state index is -1.01. The third-order valence-electron chi connectivity index (χ3n) is 5.77. The van der Waals surface area contributed by atoms with E-state index in [0.717, 1.165) is 18.0 Å². The second kappa shape index (κ2) is 8.84. The minimum absolute atomic E-state index is 0. The Morgan fingerprint density at radius 1 is 1.10 bits per heavy atom. The summed E-state index contributed by atoms with van der Waals surface area (Å²) in [5, 5.41) is 5.00. The fraction of sp³-hybridized carbons (Fsp3) is 0.476. The Hall–Kier alpha value is -3.27. The number of hydrogen-bond acceptors (Lipinski definition) is 6. The molecular formula is C21H27N5O5. The number of rotatable bonds is 3. The zero-order valence-electron chi connectivity index (χ0n) is 16.6. The fourth-order valence-corrected chi connectivity index (χ4v) is 4.02. The molecule has 166 valence electrons. The molecule has 3 aliphatic rings. The molecule has 2 N–H and O–H groups in total. The zero-order chi connectivity index (χ0) is 21.4. The monoisotopic (exact) mass is 429 g/mol. The van der Waals surface area contributed by atoms with Crippen LogP contribution < -0.4 is 10.6 Å². The third-order valence-corrected chi connectivity index (χ3v) is 5.77. The van der Waals surface area contributed by atoms with Crippen LogP contribution in [0.2, 0.25) is 0 Å². The van der Waals surface area contributed by atoms with E-state index < -0.39 is 29.7 Å². The van der Waals surface area contributed by atoms with Crippen LogP contribution in [-0.2, 0) is 16.1 Å². The van der Waals surface area contributed by atoms with Gasteiger partial charge in [0.1, 0.15) is 6.04 Å². The number of benzene rings is 1. The third kappa shape index (κ3) is 4.15. The maximum atomic E-state index is 13.0. The first-order valence-electron chi connectivity index (χ1n) is 9.91. The van der Waals surface area contributed by atoms with Crippen LogP contribution >= 0.6 is 0 Å². The van der Waals surface area contributed by atoms with Gasteiger partial charge in [-0.05, 0) is 25.1 Å². The SMILES string of the molecule is C.CN1CCN(C(=O)NCc2cccc3c2C(=O)N(C2CCC(=O)NC2=O)C3=O)CC1. The number of urea groups is 1. The largest absolute Gasteiger partial charge is 0.334 e. The van der Waals surface area contributed by atoms with Gasteiger partial charge in [-0.2, -0.15) is 0 Å². The van der Waals surface area contributed by atoms with Crippen molar-refractivity contribution in [2.75, 3.05) is 33.2 Å². The molecule has 1 unspecified atom stereocenters. The molecule has 0 radical (unpaired) electrons. The van der Waals surface area contributed by atoms with Crippen LogP contribution in [0.4, 0.5) is 4.79 Å². The summed E-state index contributed by atoms with van der Waals surface area (Å²) >= 11 is 0. The maximum absolute atomic E-state index is 13.0. The van der Waals surface area contributed by atoms with Gasteiger partial charge in [-0.3, -0.25) is 29.4 Å². The van der Waals surface area contributed by atoms with Crippen molar-refractivity contribution in [3.8, 4) is 0 Å². The molecule has 4 rings (SSSR count). The molecule has 1 atom stereocenters. The smallest absolute Gasteiger partial charge is 0.317 e. The van der Waals surface area contributed by atoms with Crippen LogP contribution in [0.15, 0.2) is 18.2 Å². The van der Waals surface area contributed by atoms with Gasteiger partial charge in [0.05, 0.1) is 11.1 Å². The van der Waals surface area contributed by atoms with Crippen molar-refractivity contribution in [1.29, 1.82) is 0 Å². The summed E-state index contributed by atoms with van der Waals surface area (Å²) in [5.41, 5.74) is 0.921. The lowest BCUT2D eigenvalue weighted by atomic mass is 10.0. The predicted molar refractivity (Wildman–Crippen MR) is 111 cm³/mol. The van der Waals surface area contributed by atoms with Crippen LogP contribution in [-0.4, -0.2) is 83.6 Å². The van der Waals surface area contributed by atoms with Crippen LogP contribution in [0.5, 0.6) is 0 Å². The van der Waals surface area contributed by atoms with Crippen molar-refractivity contribution in [1.82, 2.24) is 25.3 Å². The molecular weight excluding hydrogens is 402 g/mol. The van der Waals surface area contributed by atoms with Gasteiger partial charge < -0.3 is 15.1 Å². The quantitative estimate of drug-likeness (QED) is 0.662. The van der Waals surface area contributed by atoms with Crippen molar-refractivity contribution in [3.05, 3.63) is 34.9 Å². The summed E-state index contributed by atoms with van der Waals surface area (Å²) in [4.78, 5) is 66.7. The molecule has 3 heterocycles. The molecule has 10 nitrogen and oxygen atoms in total. The molecule has 1 aromatic carbocycles. The average molecular weight is 429 g/mol.